The van der Waals surface area contributed by atoms with Gasteiger partial charge in [-0.2, -0.15) is 0 Å². The number of pyridine rings is 1. The van der Waals surface area contributed by atoms with Crippen LogP contribution in [-0.4, -0.2) is 15.0 Å². The van der Waals surface area contributed by atoms with Gasteiger partial charge in [-0.15, -0.1) is 0 Å². The molecule has 18 heavy (non-hydrogen) atoms. The minimum atomic E-state index is 0.701. The van der Waals surface area contributed by atoms with Crippen molar-refractivity contribution in [1.82, 2.24) is 15.0 Å². The molecule has 0 spiro atoms. The van der Waals surface area contributed by atoms with Crippen molar-refractivity contribution in [3.63, 3.8) is 0 Å². The van der Waals surface area contributed by atoms with Gasteiger partial charge in [0.15, 0.2) is 5.82 Å². The number of aryl methyl sites for hydroxylation is 1. The number of fused-ring (bicyclic) bond motifs is 1. The first-order valence-electron chi connectivity index (χ1n) is 5.73. The number of hydrogen-bond donors (Lipinski definition) is 1. The van der Waals surface area contributed by atoms with Gasteiger partial charge < -0.3 is 5.32 Å². The number of nitrogens with zero attached hydrogens (tertiary/aromatic N) is 3. The topological polar surface area (TPSA) is 50.7 Å². The van der Waals surface area contributed by atoms with E-state index < -0.39 is 0 Å². The molecular formula is C14H12N4. The van der Waals surface area contributed by atoms with Crippen molar-refractivity contribution in [2.75, 3.05) is 5.32 Å². The molecule has 88 valence electrons. The monoisotopic (exact) mass is 236 g/mol. The fourth-order valence-corrected chi connectivity index (χ4v) is 1.75. The first-order valence-corrected chi connectivity index (χ1v) is 5.73. The second-order valence-electron chi connectivity index (χ2n) is 4.09. The number of benzene rings is 1. The molecule has 0 aliphatic heterocycles. The third-order valence-electron chi connectivity index (χ3n) is 2.62. The van der Waals surface area contributed by atoms with Crippen LogP contribution in [0.2, 0.25) is 0 Å². The second kappa shape index (κ2) is 4.41. The number of rotatable bonds is 2. The standard InChI is InChI=1S/C14H12N4/c1-10-6-7-15-13(8-10)18-14-9-16-11-4-2-3-5-12(11)17-14/h2-9H,1H3,(H,15,17,18). The smallest absolute Gasteiger partial charge is 0.150 e. The predicted octanol–water partition coefficient (Wildman–Crippen LogP) is 3.08. The quantitative estimate of drug-likeness (QED) is 0.742. The lowest BCUT2D eigenvalue weighted by Crippen LogP contribution is -1.97. The van der Waals surface area contributed by atoms with Crippen LogP contribution in [0.4, 0.5) is 11.6 Å². The molecule has 3 aromatic rings. The summed E-state index contributed by atoms with van der Waals surface area (Å²) in [6, 6.07) is 11.7. The van der Waals surface area contributed by atoms with Gasteiger partial charge in [-0.05, 0) is 36.8 Å². The van der Waals surface area contributed by atoms with Crippen LogP contribution in [0.3, 0.4) is 0 Å². The molecule has 0 saturated heterocycles. The molecule has 2 heterocycles. The summed E-state index contributed by atoms with van der Waals surface area (Å²) in [4.78, 5) is 13.1. The van der Waals surface area contributed by atoms with Crippen LogP contribution in [0.25, 0.3) is 11.0 Å². The second-order valence-corrected chi connectivity index (χ2v) is 4.09. The molecule has 1 aromatic carbocycles. The van der Waals surface area contributed by atoms with Crippen molar-refractivity contribution < 1.29 is 0 Å². The molecule has 0 saturated carbocycles. The Kier molecular flexibility index (Phi) is 2.61. The van der Waals surface area contributed by atoms with Crippen LogP contribution in [0, 0.1) is 6.92 Å². The number of anilines is 2. The van der Waals surface area contributed by atoms with E-state index in [1.165, 1.54) is 0 Å². The first-order chi connectivity index (χ1) is 8.81. The Balaban J connectivity index is 1.95. The summed E-state index contributed by atoms with van der Waals surface area (Å²) in [7, 11) is 0. The average molecular weight is 236 g/mol. The Morgan fingerprint density at radius 3 is 2.61 bits per heavy atom. The summed E-state index contributed by atoms with van der Waals surface area (Å²) in [5.41, 5.74) is 2.91. The van der Waals surface area contributed by atoms with Crippen molar-refractivity contribution in [1.29, 1.82) is 0 Å². The maximum absolute atomic E-state index is 4.49. The SMILES string of the molecule is Cc1ccnc(Nc2cnc3ccccc3n2)c1. The number of aromatic nitrogens is 3. The number of hydrogen-bond acceptors (Lipinski definition) is 4. The fourth-order valence-electron chi connectivity index (χ4n) is 1.75. The molecule has 2 aromatic heterocycles. The van der Waals surface area contributed by atoms with E-state index in [1.54, 1.807) is 12.4 Å². The summed E-state index contributed by atoms with van der Waals surface area (Å²) in [5.74, 6) is 1.48. The normalized spacial score (nSPS) is 10.5. The summed E-state index contributed by atoms with van der Waals surface area (Å²) in [5, 5.41) is 3.15. The minimum Gasteiger partial charge on any atom is -0.324 e. The molecular weight excluding hydrogens is 224 g/mol. The van der Waals surface area contributed by atoms with Gasteiger partial charge in [0.1, 0.15) is 5.82 Å². The van der Waals surface area contributed by atoms with Gasteiger partial charge >= 0.3 is 0 Å². The summed E-state index contributed by atoms with van der Waals surface area (Å²) >= 11 is 0. The number of para-hydroxylation sites is 2. The average Bonchev–Trinajstić information content (AvgIpc) is 2.39. The Hall–Kier alpha value is -2.49. The molecule has 0 bridgehead atoms. The van der Waals surface area contributed by atoms with E-state index in [0.717, 1.165) is 22.4 Å². The zero-order valence-electron chi connectivity index (χ0n) is 9.96. The van der Waals surface area contributed by atoms with Crippen molar-refractivity contribution in [3.8, 4) is 0 Å². The molecule has 0 amide bonds. The van der Waals surface area contributed by atoms with Gasteiger partial charge in [0.2, 0.25) is 0 Å². The van der Waals surface area contributed by atoms with Crippen LogP contribution in [-0.2, 0) is 0 Å². The number of nitrogens with one attached hydrogen (secondary N) is 1. The van der Waals surface area contributed by atoms with Crippen LogP contribution in [0.5, 0.6) is 0 Å². The summed E-state index contributed by atoms with van der Waals surface area (Å²) in [6.07, 6.45) is 3.48. The lowest BCUT2D eigenvalue weighted by molar-refractivity contribution is 1.23. The van der Waals surface area contributed by atoms with Gasteiger partial charge in [-0.3, -0.25) is 4.98 Å². The Bertz CT molecular complexity index is 694. The van der Waals surface area contributed by atoms with E-state index in [-0.39, 0.29) is 0 Å². The molecule has 0 unspecified atom stereocenters. The van der Waals surface area contributed by atoms with Gasteiger partial charge in [-0.25, -0.2) is 9.97 Å². The fraction of sp³-hybridized carbons (Fsp3) is 0.0714. The van der Waals surface area contributed by atoms with Gasteiger partial charge in [0.25, 0.3) is 0 Å². The minimum absolute atomic E-state index is 0.701. The maximum Gasteiger partial charge on any atom is 0.150 e. The molecule has 0 atom stereocenters. The maximum atomic E-state index is 4.49. The highest BCUT2D eigenvalue weighted by atomic mass is 15.1. The lowest BCUT2D eigenvalue weighted by Gasteiger charge is -2.05. The largest absolute Gasteiger partial charge is 0.324 e. The highest BCUT2D eigenvalue weighted by Gasteiger charge is 2.00. The molecule has 3 rings (SSSR count). The Labute approximate surface area is 105 Å². The van der Waals surface area contributed by atoms with Gasteiger partial charge in [-0.1, -0.05) is 12.1 Å². The third kappa shape index (κ3) is 2.13. The van der Waals surface area contributed by atoms with Crippen LogP contribution >= 0.6 is 0 Å². The highest BCUT2D eigenvalue weighted by molar-refractivity contribution is 5.75. The Morgan fingerprint density at radius 2 is 1.78 bits per heavy atom. The molecule has 0 radical (unpaired) electrons. The van der Waals surface area contributed by atoms with Crippen LogP contribution in [0.1, 0.15) is 5.56 Å². The van der Waals surface area contributed by atoms with Crippen molar-refractivity contribution >= 4 is 22.7 Å². The van der Waals surface area contributed by atoms with E-state index in [4.69, 9.17) is 0 Å². The Morgan fingerprint density at radius 1 is 0.944 bits per heavy atom. The van der Waals surface area contributed by atoms with Gasteiger partial charge in [0, 0.05) is 6.20 Å². The van der Waals surface area contributed by atoms with E-state index in [2.05, 4.69) is 20.3 Å². The van der Waals surface area contributed by atoms with Crippen LogP contribution < -0.4 is 5.32 Å². The molecule has 0 fully saturated rings. The molecule has 1 N–H and O–H groups in total. The van der Waals surface area contributed by atoms with Crippen LogP contribution in [0.15, 0.2) is 48.8 Å². The summed E-state index contributed by atoms with van der Waals surface area (Å²) in [6.45, 7) is 2.03. The summed E-state index contributed by atoms with van der Waals surface area (Å²) < 4.78 is 0. The van der Waals surface area contributed by atoms with E-state index in [9.17, 15) is 0 Å². The van der Waals surface area contributed by atoms with Crippen molar-refractivity contribution in [2.45, 2.75) is 6.92 Å². The van der Waals surface area contributed by atoms with Gasteiger partial charge in [0.05, 0.1) is 17.2 Å². The van der Waals surface area contributed by atoms with E-state index in [0.29, 0.717) is 5.82 Å². The van der Waals surface area contributed by atoms with E-state index >= 15 is 0 Å². The molecule has 4 heteroatoms. The lowest BCUT2D eigenvalue weighted by atomic mass is 10.3. The van der Waals surface area contributed by atoms with E-state index in [1.807, 2.05) is 43.3 Å². The van der Waals surface area contributed by atoms with Crippen molar-refractivity contribution in [2.24, 2.45) is 0 Å². The molecule has 0 aliphatic carbocycles. The zero-order chi connectivity index (χ0) is 12.4. The molecule has 0 aliphatic rings. The highest BCUT2D eigenvalue weighted by Crippen LogP contribution is 2.15. The third-order valence-corrected chi connectivity index (χ3v) is 2.62. The van der Waals surface area contributed by atoms with Crippen molar-refractivity contribution in [3.05, 3.63) is 54.4 Å². The zero-order valence-corrected chi connectivity index (χ0v) is 9.96. The predicted molar refractivity (Wildman–Crippen MR) is 71.8 cm³/mol. The first kappa shape index (κ1) is 10.7. The molecule has 4 nitrogen and oxygen atoms in total.